The molecule has 2 rings (SSSR count). The van der Waals surface area contributed by atoms with Gasteiger partial charge in [-0.15, -0.1) is 0 Å². The first-order chi connectivity index (χ1) is 11.2. The predicted molar refractivity (Wildman–Crippen MR) is 93.5 cm³/mol. The van der Waals surface area contributed by atoms with Crippen molar-refractivity contribution in [3.05, 3.63) is 35.9 Å². The van der Waals surface area contributed by atoms with Gasteiger partial charge in [-0.1, -0.05) is 49.6 Å². The van der Waals surface area contributed by atoms with E-state index >= 15 is 0 Å². The highest BCUT2D eigenvalue weighted by Crippen LogP contribution is 2.20. The molecule has 2 atom stereocenters. The van der Waals surface area contributed by atoms with Crippen molar-refractivity contribution in [3.63, 3.8) is 0 Å². The van der Waals surface area contributed by atoms with Crippen LogP contribution in [0.15, 0.2) is 30.3 Å². The van der Waals surface area contributed by atoms with Gasteiger partial charge in [-0.3, -0.25) is 0 Å². The summed E-state index contributed by atoms with van der Waals surface area (Å²) in [7, 11) is 0. The third-order valence-corrected chi connectivity index (χ3v) is 4.54. The van der Waals surface area contributed by atoms with E-state index in [0.717, 1.165) is 25.9 Å². The lowest BCUT2D eigenvalue weighted by atomic mass is 9.93. The number of hydrogen-bond acceptors (Lipinski definition) is 2. The molecule has 1 saturated heterocycles. The van der Waals surface area contributed by atoms with Crippen LogP contribution in [0, 0.1) is 0 Å². The minimum absolute atomic E-state index is 0.0402. The number of benzene rings is 1. The molecule has 2 N–H and O–H groups in total. The molecule has 1 fully saturated rings. The van der Waals surface area contributed by atoms with Crippen LogP contribution in [0.2, 0.25) is 0 Å². The van der Waals surface area contributed by atoms with E-state index in [1.807, 2.05) is 23.1 Å². The van der Waals surface area contributed by atoms with Crippen LogP contribution in [0.5, 0.6) is 0 Å². The van der Waals surface area contributed by atoms with Gasteiger partial charge in [-0.05, 0) is 31.7 Å². The lowest BCUT2D eigenvalue weighted by Crippen LogP contribution is -2.43. The molecule has 4 heteroatoms. The first-order valence-corrected chi connectivity index (χ1v) is 8.92. The second-order valence-electron chi connectivity index (χ2n) is 6.63. The number of rotatable bonds is 5. The fraction of sp³-hybridized carbons (Fsp3) is 0.632. The molecule has 1 heterocycles. The molecule has 2 unspecified atom stereocenters. The summed E-state index contributed by atoms with van der Waals surface area (Å²) in [6.07, 6.45) is 6.21. The zero-order valence-electron chi connectivity index (χ0n) is 14.2. The maximum absolute atomic E-state index is 12.4. The average Bonchev–Trinajstić information content (AvgIpc) is 2.51. The van der Waals surface area contributed by atoms with E-state index in [-0.39, 0.29) is 18.1 Å². The van der Waals surface area contributed by atoms with Gasteiger partial charge < -0.3 is 15.3 Å². The number of nitrogens with zero attached hydrogens (tertiary/aromatic N) is 1. The van der Waals surface area contributed by atoms with Gasteiger partial charge in [0.2, 0.25) is 0 Å². The lowest BCUT2D eigenvalue weighted by Gasteiger charge is -2.27. The number of likely N-dealkylation sites (tertiary alicyclic amines) is 1. The van der Waals surface area contributed by atoms with Crippen molar-refractivity contribution in [2.45, 2.75) is 57.5 Å². The molecule has 1 aromatic rings. The Bertz CT molecular complexity index is 454. The molecule has 0 bridgehead atoms. The smallest absolute Gasteiger partial charge is 0.317 e. The van der Waals surface area contributed by atoms with Crippen molar-refractivity contribution in [3.8, 4) is 0 Å². The first kappa shape index (κ1) is 17.8. The van der Waals surface area contributed by atoms with Crippen LogP contribution in [0.25, 0.3) is 0 Å². The number of aliphatic hydroxyl groups excluding tert-OH is 1. The van der Waals surface area contributed by atoms with E-state index in [0.29, 0.717) is 13.0 Å². The van der Waals surface area contributed by atoms with Gasteiger partial charge in [0.15, 0.2) is 0 Å². The van der Waals surface area contributed by atoms with Crippen LogP contribution in [0.3, 0.4) is 0 Å². The Hall–Kier alpha value is -1.55. The van der Waals surface area contributed by atoms with Crippen molar-refractivity contribution in [1.29, 1.82) is 0 Å². The van der Waals surface area contributed by atoms with E-state index in [9.17, 15) is 9.90 Å². The molecule has 23 heavy (non-hydrogen) atoms. The van der Waals surface area contributed by atoms with Crippen molar-refractivity contribution in [2.24, 2.45) is 0 Å². The summed E-state index contributed by atoms with van der Waals surface area (Å²) in [5.41, 5.74) is 1.17. The summed E-state index contributed by atoms with van der Waals surface area (Å²) in [5, 5.41) is 12.8. The van der Waals surface area contributed by atoms with Crippen LogP contribution in [0.1, 0.15) is 56.9 Å². The van der Waals surface area contributed by atoms with Crippen LogP contribution in [0.4, 0.5) is 4.79 Å². The summed E-state index contributed by atoms with van der Waals surface area (Å²) >= 11 is 0. The molecule has 4 nitrogen and oxygen atoms in total. The van der Waals surface area contributed by atoms with Gasteiger partial charge in [-0.25, -0.2) is 4.79 Å². The predicted octanol–water partition coefficient (Wildman–Crippen LogP) is 3.52. The largest absolute Gasteiger partial charge is 0.393 e. The number of aliphatic hydroxyl groups is 1. The van der Waals surface area contributed by atoms with Crippen molar-refractivity contribution in [1.82, 2.24) is 10.2 Å². The van der Waals surface area contributed by atoms with E-state index in [1.54, 1.807) is 6.92 Å². The summed E-state index contributed by atoms with van der Waals surface area (Å²) in [6, 6.07) is 10.2. The van der Waals surface area contributed by atoms with E-state index < -0.39 is 0 Å². The quantitative estimate of drug-likeness (QED) is 0.873. The maximum atomic E-state index is 12.4. The second kappa shape index (κ2) is 9.56. The monoisotopic (exact) mass is 318 g/mol. The molecule has 1 aliphatic rings. The Morgan fingerprint density at radius 2 is 1.74 bits per heavy atom. The Balaban J connectivity index is 1.90. The van der Waals surface area contributed by atoms with Crippen LogP contribution in [-0.2, 0) is 0 Å². The summed E-state index contributed by atoms with van der Waals surface area (Å²) in [4.78, 5) is 14.4. The molecule has 0 saturated carbocycles. The zero-order valence-corrected chi connectivity index (χ0v) is 14.2. The second-order valence-corrected chi connectivity index (χ2v) is 6.63. The summed E-state index contributed by atoms with van der Waals surface area (Å²) in [6.45, 7) is 4.09. The Morgan fingerprint density at radius 3 is 2.35 bits per heavy atom. The zero-order chi connectivity index (χ0) is 16.5. The fourth-order valence-electron chi connectivity index (χ4n) is 3.25. The molecule has 2 amide bonds. The molecule has 0 radical (unpaired) electrons. The molecule has 0 aliphatic carbocycles. The van der Waals surface area contributed by atoms with Gasteiger partial charge in [0.25, 0.3) is 0 Å². The molecular formula is C19H30N2O2. The first-order valence-electron chi connectivity index (χ1n) is 8.92. The van der Waals surface area contributed by atoms with Crippen LogP contribution in [-0.4, -0.2) is 41.8 Å². The molecule has 1 aromatic carbocycles. The third kappa shape index (κ3) is 6.22. The maximum Gasteiger partial charge on any atom is 0.317 e. The minimum Gasteiger partial charge on any atom is -0.393 e. The summed E-state index contributed by atoms with van der Waals surface area (Å²) < 4.78 is 0. The highest BCUT2D eigenvalue weighted by atomic mass is 16.3. The molecule has 0 spiro atoms. The topological polar surface area (TPSA) is 52.6 Å². The molecule has 0 aromatic heterocycles. The standard InChI is InChI=1S/C19H30N2O2/c1-16(22)14-18(17-10-6-5-7-11-17)15-20-19(23)21-12-8-3-2-4-9-13-21/h5-7,10-11,16,18,22H,2-4,8-9,12-15H2,1H3,(H,20,23). The number of carbonyl (C=O) groups excluding carboxylic acids is 1. The SMILES string of the molecule is CC(O)CC(CNC(=O)N1CCCCCCC1)c1ccccc1. The lowest BCUT2D eigenvalue weighted by molar-refractivity contribution is 0.169. The van der Waals surface area contributed by atoms with E-state index in [2.05, 4.69) is 17.4 Å². The molecule has 128 valence electrons. The third-order valence-electron chi connectivity index (χ3n) is 4.54. The van der Waals surface area contributed by atoms with Gasteiger partial charge >= 0.3 is 6.03 Å². The van der Waals surface area contributed by atoms with Crippen LogP contribution < -0.4 is 5.32 Å². The number of nitrogens with one attached hydrogen (secondary N) is 1. The minimum atomic E-state index is -0.376. The Kier molecular flexibility index (Phi) is 7.40. The van der Waals surface area contributed by atoms with Gasteiger partial charge in [0, 0.05) is 25.6 Å². The van der Waals surface area contributed by atoms with Gasteiger partial charge in [0.1, 0.15) is 0 Å². The number of carbonyl (C=O) groups is 1. The number of amides is 2. The van der Waals surface area contributed by atoms with Gasteiger partial charge in [-0.2, -0.15) is 0 Å². The van der Waals surface area contributed by atoms with Crippen LogP contribution >= 0.6 is 0 Å². The Morgan fingerprint density at radius 1 is 1.13 bits per heavy atom. The summed E-state index contributed by atoms with van der Waals surface area (Å²) in [5.74, 6) is 0.148. The average molecular weight is 318 g/mol. The van der Waals surface area contributed by atoms with Gasteiger partial charge in [0.05, 0.1) is 6.10 Å². The molecular weight excluding hydrogens is 288 g/mol. The normalized spacial score (nSPS) is 18.6. The Labute approximate surface area is 139 Å². The van der Waals surface area contributed by atoms with E-state index in [1.165, 1.54) is 24.8 Å². The molecule has 1 aliphatic heterocycles. The van der Waals surface area contributed by atoms with Crippen molar-refractivity contribution in [2.75, 3.05) is 19.6 Å². The number of urea groups is 1. The highest BCUT2D eigenvalue weighted by Gasteiger charge is 2.18. The number of hydrogen-bond donors (Lipinski definition) is 2. The highest BCUT2D eigenvalue weighted by molar-refractivity contribution is 5.74. The van der Waals surface area contributed by atoms with Crippen molar-refractivity contribution < 1.29 is 9.90 Å². The fourth-order valence-corrected chi connectivity index (χ4v) is 3.25. The van der Waals surface area contributed by atoms with E-state index in [4.69, 9.17) is 0 Å². The van der Waals surface area contributed by atoms with Crippen molar-refractivity contribution >= 4 is 6.03 Å².